The molecule has 0 unspecified atom stereocenters. The molecule has 0 fully saturated rings. The summed E-state index contributed by atoms with van der Waals surface area (Å²) in [4.78, 5) is 12.7. The number of anilines is 1. The molecule has 1 aromatic heterocycles. The highest BCUT2D eigenvalue weighted by atomic mass is 16.5. The second-order valence-electron chi connectivity index (χ2n) is 8.26. The molecule has 0 aliphatic heterocycles. The lowest BCUT2D eigenvalue weighted by Gasteiger charge is -2.21. The Bertz CT molecular complexity index is 1040. The Morgan fingerprint density at radius 1 is 1.13 bits per heavy atom. The minimum atomic E-state index is -0.210. The van der Waals surface area contributed by atoms with Crippen molar-refractivity contribution in [3.05, 3.63) is 60.3 Å². The van der Waals surface area contributed by atoms with Crippen LogP contribution in [0.1, 0.15) is 31.1 Å². The monoisotopic (exact) mass is 422 g/mol. The van der Waals surface area contributed by atoms with Crippen molar-refractivity contribution in [2.24, 2.45) is 7.05 Å². The van der Waals surface area contributed by atoms with Gasteiger partial charge < -0.3 is 20.1 Å². The van der Waals surface area contributed by atoms with Gasteiger partial charge in [-0.1, -0.05) is 6.07 Å². The van der Waals surface area contributed by atoms with E-state index in [1.807, 2.05) is 31.3 Å². The van der Waals surface area contributed by atoms with Crippen molar-refractivity contribution >= 4 is 11.6 Å². The zero-order valence-electron chi connectivity index (χ0n) is 18.7. The van der Waals surface area contributed by atoms with Crippen LogP contribution in [0, 0.1) is 0 Å². The third-order valence-electron chi connectivity index (χ3n) is 4.68. The second kappa shape index (κ2) is 9.66. The van der Waals surface area contributed by atoms with E-state index < -0.39 is 0 Å². The van der Waals surface area contributed by atoms with Gasteiger partial charge in [-0.2, -0.15) is 5.10 Å². The number of carbonyl (C=O) groups is 1. The smallest absolute Gasteiger partial charge is 0.255 e. The lowest BCUT2D eigenvalue weighted by molar-refractivity contribution is 0.102. The second-order valence-corrected chi connectivity index (χ2v) is 8.26. The average molecular weight is 423 g/mol. The molecule has 2 aromatic carbocycles. The van der Waals surface area contributed by atoms with E-state index in [4.69, 9.17) is 9.47 Å². The van der Waals surface area contributed by atoms with Crippen LogP contribution in [-0.2, 0) is 7.05 Å². The molecule has 3 rings (SSSR count). The van der Waals surface area contributed by atoms with Crippen molar-refractivity contribution in [1.82, 2.24) is 15.1 Å². The number of ether oxygens (including phenoxy) is 2. The Balaban J connectivity index is 1.81. The number of aryl methyl sites for hydroxylation is 1. The van der Waals surface area contributed by atoms with Gasteiger partial charge in [-0.05, 0) is 63.2 Å². The number of rotatable bonds is 8. The summed E-state index contributed by atoms with van der Waals surface area (Å²) < 4.78 is 13.0. The van der Waals surface area contributed by atoms with Gasteiger partial charge in [0.2, 0.25) is 0 Å². The Labute approximate surface area is 183 Å². The number of nitrogens with zero attached hydrogens (tertiary/aromatic N) is 2. The molecule has 2 N–H and O–H groups in total. The van der Waals surface area contributed by atoms with Crippen LogP contribution in [0.15, 0.2) is 54.7 Å². The summed E-state index contributed by atoms with van der Waals surface area (Å²) in [6.07, 6.45) is 1.74. The van der Waals surface area contributed by atoms with Gasteiger partial charge in [-0.3, -0.25) is 9.48 Å². The fraction of sp³-hybridized carbons (Fsp3) is 0.333. The molecule has 0 aliphatic carbocycles. The summed E-state index contributed by atoms with van der Waals surface area (Å²) >= 11 is 0. The summed E-state index contributed by atoms with van der Waals surface area (Å²) in [7, 11) is 3.45. The topological polar surface area (TPSA) is 77.4 Å². The van der Waals surface area contributed by atoms with Crippen LogP contribution < -0.4 is 20.1 Å². The lowest BCUT2D eigenvalue weighted by atomic mass is 10.1. The molecule has 0 saturated carbocycles. The number of amides is 1. The first-order chi connectivity index (χ1) is 14.8. The third kappa shape index (κ3) is 6.08. The predicted molar refractivity (Wildman–Crippen MR) is 123 cm³/mol. The highest BCUT2D eigenvalue weighted by Crippen LogP contribution is 2.32. The van der Waals surface area contributed by atoms with E-state index in [0.717, 1.165) is 23.6 Å². The van der Waals surface area contributed by atoms with Crippen molar-refractivity contribution in [2.45, 2.75) is 26.3 Å². The van der Waals surface area contributed by atoms with Gasteiger partial charge in [0.25, 0.3) is 5.91 Å². The van der Waals surface area contributed by atoms with Crippen LogP contribution in [0.2, 0.25) is 0 Å². The maximum atomic E-state index is 12.7. The maximum absolute atomic E-state index is 12.7. The van der Waals surface area contributed by atoms with Crippen LogP contribution in [0.3, 0.4) is 0 Å². The molecule has 0 atom stereocenters. The number of hydrogen-bond acceptors (Lipinski definition) is 5. The number of benzene rings is 2. The first kappa shape index (κ1) is 22.4. The average Bonchev–Trinajstić information content (AvgIpc) is 3.17. The first-order valence-electron chi connectivity index (χ1n) is 10.2. The van der Waals surface area contributed by atoms with E-state index in [1.165, 1.54) is 0 Å². The largest absolute Gasteiger partial charge is 0.497 e. The van der Waals surface area contributed by atoms with Crippen molar-refractivity contribution in [3.8, 4) is 22.8 Å². The normalized spacial score (nSPS) is 11.3. The fourth-order valence-electron chi connectivity index (χ4n) is 3.13. The SMILES string of the molecule is COc1cccc(C(=O)Nc2ccc(OCCNC(C)(C)C)c(-c3ccnn3C)c2)c1. The zero-order chi connectivity index (χ0) is 22.4. The Morgan fingerprint density at radius 3 is 2.61 bits per heavy atom. The Morgan fingerprint density at radius 2 is 1.94 bits per heavy atom. The number of nitrogens with one attached hydrogen (secondary N) is 2. The molecule has 7 nitrogen and oxygen atoms in total. The summed E-state index contributed by atoms with van der Waals surface area (Å²) in [6, 6.07) is 14.6. The highest BCUT2D eigenvalue weighted by molar-refractivity contribution is 6.04. The van der Waals surface area contributed by atoms with Crippen molar-refractivity contribution in [3.63, 3.8) is 0 Å². The molecule has 164 valence electrons. The van der Waals surface area contributed by atoms with Crippen LogP contribution in [0.25, 0.3) is 11.3 Å². The molecule has 7 heteroatoms. The number of carbonyl (C=O) groups excluding carboxylic acids is 1. The van der Waals surface area contributed by atoms with E-state index in [0.29, 0.717) is 23.6 Å². The molecule has 1 amide bonds. The minimum absolute atomic E-state index is 0.0302. The molecule has 0 saturated heterocycles. The van der Waals surface area contributed by atoms with Gasteiger partial charge >= 0.3 is 0 Å². The number of aromatic nitrogens is 2. The van der Waals surface area contributed by atoms with Gasteiger partial charge in [-0.25, -0.2) is 0 Å². The van der Waals surface area contributed by atoms with E-state index >= 15 is 0 Å². The summed E-state index contributed by atoms with van der Waals surface area (Å²) in [5, 5.41) is 10.6. The van der Waals surface area contributed by atoms with E-state index in [2.05, 4.69) is 36.5 Å². The summed E-state index contributed by atoms with van der Waals surface area (Å²) in [5.74, 6) is 1.16. The predicted octanol–water partition coefficient (Wildman–Crippen LogP) is 4.11. The minimum Gasteiger partial charge on any atom is -0.497 e. The van der Waals surface area contributed by atoms with Crippen molar-refractivity contribution < 1.29 is 14.3 Å². The molecule has 0 bridgehead atoms. The van der Waals surface area contributed by atoms with E-state index in [9.17, 15) is 4.79 Å². The quantitative estimate of drug-likeness (QED) is 0.534. The highest BCUT2D eigenvalue weighted by Gasteiger charge is 2.14. The third-order valence-corrected chi connectivity index (χ3v) is 4.68. The molecule has 3 aromatic rings. The summed E-state index contributed by atoms with van der Waals surface area (Å²) in [6.45, 7) is 7.61. The van der Waals surface area contributed by atoms with E-state index in [-0.39, 0.29) is 11.4 Å². The van der Waals surface area contributed by atoms with E-state index in [1.54, 1.807) is 42.3 Å². The molecule has 1 heterocycles. The van der Waals surface area contributed by atoms with Crippen molar-refractivity contribution in [1.29, 1.82) is 0 Å². The Hall–Kier alpha value is -3.32. The van der Waals surface area contributed by atoms with Gasteiger partial charge in [0.15, 0.2) is 0 Å². The summed E-state index contributed by atoms with van der Waals surface area (Å²) in [5.41, 5.74) is 2.98. The van der Waals surface area contributed by atoms with Crippen LogP contribution >= 0.6 is 0 Å². The fourth-order valence-corrected chi connectivity index (χ4v) is 3.13. The van der Waals surface area contributed by atoms with Crippen molar-refractivity contribution in [2.75, 3.05) is 25.6 Å². The standard InChI is InChI=1S/C24H30N4O3/c1-24(2,3)25-13-14-31-22-10-9-18(16-20(22)21-11-12-26-28(21)4)27-23(29)17-7-6-8-19(15-17)30-5/h6-12,15-16,25H,13-14H2,1-5H3,(H,27,29). The van der Waals surface area contributed by atoms with Crippen LogP contribution in [-0.4, -0.2) is 41.5 Å². The van der Waals surface area contributed by atoms with Gasteiger partial charge in [0.05, 0.1) is 12.8 Å². The molecule has 0 aliphatic rings. The molecular weight excluding hydrogens is 392 g/mol. The number of hydrogen-bond donors (Lipinski definition) is 2. The molecule has 0 spiro atoms. The zero-order valence-corrected chi connectivity index (χ0v) is 18.7. The van der Waals surface area contributed by atoms with Crippen LogP contribution in [0.4, 0.5) is 5.69 Å². The lowest BCUT2D eigenvalue weighted by Crippen LogP contribution is -2.38. The Kier molecular flexibility index (Phi) is 6.97. The molecular formula is C24H30N4O3. The van der Waals surface area contributed by atoms with Crippen LogP contribution in [0.5, 0.6) is 11.5 Å². The maximum Gasteiger partial charge on any atom is 0.255 e. The van der Waals surface area contributed by atoms with Gasteiger partial charge in [-0.15, -0.1) is 0 Å². The molecule has 0 radical (unpaired) electrons. The first-order valence-corrected chi connectivity index (χ1v) is 10.2. The van der Waals surface area contributed by atoms with Gasteiger partial charge in [0.1, 0.15) is 18.1 Å². The molecule has 31 heavy (non-hydrogen) atoms. The number of methoxy groups -OCH3 is 1. The van der Waals surface area contributed by atoms with Gasteiger partial charge in [0, 0.05) is 42.1 Å².